The molecule has 9 heteroatoms. The fraction of sp³-hybridized carbons (Fsp3) is 0.541. The first kappa shape index (κ1) is 37.1. The van der Waals surface area contributed by atoms with Crippen LogP contribution in [0, 0.1) is 0 Å². The van der Waals surface area contributed by atoms with Crippen molar-refractivity contribution >= 4 is 17.7 Å². The number of carbonyl (C=O) groups excluding carboxylic acids is 1. The number of carbonyl (C=O) groups is 1. The summed E-state index contributed by atoms with van der Waals surface area (Å²) in [6.07, 6.45) is 11.6. The molecule has 0 spiro atoms. The van der Waals surface area contributed by atoms with Gasteiger partial charge in [-0.05, 0) is 81.8 Å². The minimum Gasteiger partial charge on any atom is -0.494 e. The lowest BCUT2D eigenvalue weighted by Crippen LogP contribution is -2.33. The zero-order valence-corrected chi connectivity index (χ0v) is 29.0. The van der Waals surface area contributed by atoms with Crippen LogP contribution < -0.4 is 14.8 Å². The molecule has 3 aromatic rings. The molecule has 0 aliphatic heterocycles. The van der Waals surface area contributed by atoms with E-state index in [-0.39, 0.29) is 11.5 Å². The number of amides is 1. The van der Waals surface area contributed by atoms with E-state index < -0.39 is 5.60 Å². The van der Waals surface area contributed by atoms with Gasteiger partial charge < -0.3 is 24.3 Å². The fourth-order valence-electron chi connectivity index (χ4n) is 4.85. The van der Waals surface area contributed by atoms with Crippen LogP contribution >= 0.6 is 11.6 Å². The Morgan fingerprint density at radius 2 is 1.26 bits per heavy atom. The lowest BCUT2D eigenvalue weighted by Gasteiger charge is -2.26. The molecule has 0 atom stereocenters. The summed E-state index contributed by atoms with van der Waals surface area (Å²) in [5.74, 6) is 1.68. The van der Waals surface area contributed by atoms with Crippen molar-refractivity contribution in [1.29, 1.82) is 0 Å². The Labute approximate surface area is 280 Å². The van der Waals surface area contributed by atoms with Crippen molar-refractivity contribution in [2.75, 3.05) is 26.4 Å². The number of benzene rings is 2. The average molecular weight is 654 g/mol. The van der Waals surface area contributed by atoms with Crippen molar-refractivity contribution in [1.82, 2.24) is 15.3 Å². The van der Waals surface area contributed by atoms with E-state index in [1.165, 1.54) is 43.0 Å². The summed E-state index contributed by atoms with van der Waals surface area (Å²) in [6.45, 7) is 13.2. The number of aromatic nitrogens is 2. The van der Waals surface area contributed by atoms with Gasteiger partial charge in [0.25, 0.3) is 0 Å². The van der Waals surface area contributed by atoms with Crippen molar-refractivity contribution in [3.8, 4) is 11.5 Å². The molecule has 0 unspecified atom stereocenters. The maximum Gasteiger partial charge on any atom is 0.407 e. The number of alkyl carbamates (subject to hydrolysis) is 1. The Hall–Kier alpha value is -3.36. The number of rotatable bonds is 20. The third-order valence-electron chi connectivity index (χ3n) is 7.53. The molecule has 1 amide bonds. The molecule has 1 N–H and O–H groups in total. The molecule has 0 aliphatic rings. The van der Waals surface area contributed by atoms with Gasteiger partial charge in [0.05, 0.1) is 24.7 Å². The lowest BCUT2D eigenvalue weighted by atomic mass is 9.78. The Morgan fingerprint density at radius 3 is 1.85 bits per heavy atom. The van der Waals surface area contributed by atoms with Crippen LogP contribution in [0.5, 0.6) is 11.5 Å². The first-order valence-corrected chi connectivity index (χ1v) is 16.9. The molecule has 1 heterocycles. The highest BCUT2D eigenvalue weighted by Crippen LogP contribution is 2.33. The van der Waals surface area contributed by atoms with Crippen LogP contribution in [0.3, 0.4) is 0 Å². The third kappa shape index (κ3) is 14.4. The Balaban J connectivity index is 1.21. The summed E-state index contributed by atoms with van der Waals surface area (Å²) in [4.78, 5) is 19.9. The minimum absolute atomic E-state index is 0.165. The number of hydrogen-bond acceptors (Lipinski definition) is 7. The number of halogens is 1. The molecule has 8 nitrogen and oxygen atoms in total. The van der Waals surface area contributed by atoms with Gasteiger partial charge in [-0.1, -0.05) is 75.4 Å². The van der Waals surface area contributed by atoms with E-state index in [1.54, 1.807) is 6.20 Å². The number of nitrogens with zero attached hydrogens (tertiary/aromatic N) is 2. The second-order valence-corrected chi connectivity index (χ2v) is 13.4. The fourth-order valence-corrected chi connectivity index (χ4v) is 5.01. The van der Waals surface area contributed by atoms with Crippen LogP contribution in [0.25, 0.3) is 0 Å². The quantitative estimate of drug-likeness (QED) is 0.122. The minimum atomic E-state index is -0.461. The summed E-state index contributed by atoms with van der Waals surface area (Å²) in [5.41, 5.74) is 2.49. The largest absolute Gasteiger partial charge is 0.494 e. The van der Waals surface area contributed by atoms with Gasteiger partial charge in [0.15, 0.2) is 0 Å². The zero-order chi connectivity index (χ0) is 33.3. The maximum atomic E-state index is 11.6. The molecule has 2 aromatic carbocycles. The smallest absolute Gasteiger partial charge is 0.407 e. The van der Waals surface area contributed by atoms with E-state index >= 15 is 0 Å². The normalized spacial score (nSPS) is 11.7. The number of nitrogens with one attached hydrogen (secondary N) is 1. The first-order valence-electron chi connectivity index (χ1n) is 16.5. The van der Waals surface area contributed by atoms with E-state index in [9.17, 15) is 4.79 Å². The van der Waals surface area contributed by atoms with Crippen LogP contribution in [-0.2, 0) is 21.5 Å². The summed E-state index contributed by atoms with van der Waals surface area (Å²) < 4.78 is 22.8. The van der Waals surface area contributed by atoms with Crippen molar-refractivity contribution in [2.45, 2.75) is 104 Å². The van der Waals surface area contributed by atoms with Gasteiger partial charge >= 0.3 is 6.09 Å². The molecule has 3 rings (SSSR count). The monoisotopic (exact) mass is 653 g/mol. The molecule has 1 aromatic heterocycles. The third-order valence-corrected chi connectivity index (χ3v) is 7.71. The SMILES string of the molecule is CC(C)(C)OC(=O)NCCCCOCCCCCCCCOc1ccc(C(C)(C)c2ccc(OCc3cncc(Cl)n3)cc2)cc1. The Bertz CT molecular complexity index is 1290. The number of unbranched alkanes of at least 4 members (excludes halogenated alkanes) is 6. The summed E-state index contributed by atoms with van der Waals surface area (Å²) in [5, 5.41) is 3.13. The van der Waals surface area contributed by atoms with E-state index in [0.29, 0.717) is 24.0 Å². The molecule has 0 saturated carbocycles. The van der Waals surface area contributed by atoms with Crippen molar-refractivity contribution in [3.63, 3.8) is 0 Å². The van der Waals surface area contributed by atoms with Gasteiger partial charge in [-0.3, -0.25) is 4.98 Å². The molecule has 252 valence electrons. The van der Waals surface area contributed by atoms with E-state index in [1.807, 2.05) is 32.9 Å². The number of hydrogen-bond donors (Lipinski definition) is 1. The summed E-state index contributed by atoms with van der Waals surface area (Å²) in [7, 11) is 0. The zero-order valence-electron chi connectivity index (χ0n) is 28.3. The Kier molecular flexibility index (Phi) is 15.6. The van der Waals surface area contributed by atoms with Gasteiger partial charge in [0.1, 0.15) is 28.9 Å². The van der Waals surface area contributed by atoms with Gasteiger partial charge in [0.2, 0.25) is 0 Å². The second kappa shape index (κ2) is 19.3. The molecule has 0 bridgehead atoms. The molecular formula is C37H52ClN3O5. The van der Waals surface area contributed by atoms with Crippen LogP contribution in [0.4, 0.5) is 4.79 Å². The number of ether oxygens (including phenoxy) is 4. The predicted molar refractivity (Wildman–Crippen MR) is 184 cm³/mol. The molecule has 46 heavy (non-hydrogen) atoms. The highest BCUT2D eigenvalue weighted by atomic mass is 35.5. The van der Waals surface area contributed by atoms with Crippen molar-refractivity contribution < 1.29 is 23.7 Å². The molecule has 0 fully saturated rings. The standard InChI is InChI=1S/C37H52ClN3O5/c1-36(2,3)46-35(42)40-22-10-13-24-43-23-11-8-6-7-9-12-25-44-32-18-14-29(15-19-32)37(4,5)30-16-20-33(21-17-30)45-28-31-26-39-27-34(38)41-31/h14-21,26-27H,6-13,22-25,28H2,1-5H3,(H,40,42). The van der Waals surface area contributed by atoms with E-state index in [2.05, 4.69) is 65.5 Å². The highest BCUT2D eigenvalue weighted by molar-refractivity contribution is 6.29. The van der Waals surface area contributed by atoms with E-state index in [4.69, 9.17) is 30.5 Å². The maximum absolute atomic E-state index is 11.6. The average Bonchev–Trinajstić information content (AvgIpc) is 3.01. The predicted octanol–water partition coefficient (Wildman–Crippen LogP) is 9.08. The van der Waals surface area contributed by atoms with Gasteiger partial charge in [-0.15, -0.1) is 0 Å². The first-order chi connectivity index (χ1) is 22.0. The van der Waals surface area contributed by atoms with Crippen LogP contribution in [0.2, 0.25) is 5.15 Å². The summed E-state index contributed by atoms with van der Waals surface area (Å²) in [6, 6.07) is 16.6. The second-order valence-electron chi connectivity index (χ2n) is 13.0. The summed E-state index contributed by atoms with van der Waals surface area (Å²) >= 11 is 5.91. The van der Waals surface area contributed by atoms with Crippen LogP contribution in [0.1, 0.15) is 103 Å². The van der Waals surface area contributed by atoms with Crippen LogP contribution in [0.15, 0.2) is 60.9 Å². The molecule has 0 saturated heterocycles. The van der Waals surface area contributed by atoms with Gasteiger partial charge in [-0.25, -0.2) is 9.78 Å². The topological polar surface area (TPSA) is 91.8 Å². The lowest BCUT2D eigenvalue weighted by molar-refractivity contribution is 0.0524. The highest BCUT2D eigenvalue weighted by Gasteiger charge is 2.23. The van der Waals surface area contributed by atoms with Crippen molar-refractivity contribution in [2.24, 2.45) is 0 Å². The van der Waals surface area contributed by atoms with Gasteiger partial charge in [-0.2, -0.15) is 0 Å². The van der Waals surface area contributed by atoms with Crippen LogP contribution in [-0.4, -0.2) is 48.0 Å². The van der Waals surface area contributed by atoms with Gasteiger partial charge in [0, 0.05) is 25.2 Å². The van der Waals surface area contributed by atoms with E-state index in [0.717, 1.165) is 57.0 Å². The molecule has 0 aliphatic carbocycles. The molecule has 0 radical (unpaired) electrons. The van der Waals surface area contributed by atoms with Crippen molar-refractivity contribution in [3.05, 3.63) is 82.9 Å². The Morgan fingerprint density at radius 1 is 0.717 bits per heavy atom. The molecular weight excluding hydrogens is 602 g/mol.